The topological polar surface area (TPSA) is 73.9 Å². The van der Waals surface area contributed by atoms with Crippen molar-refractivity contribution in [3.63, 3.8) is 0 Å². The second-order valence-corrected chi connectivity index (χ2v) is 5.27. The molecule has 0 saturated heterocycles. The molecule has 0 spiro atoms. The maximum Gasteiger partial charge on any atom is 0.338 e. The molecule has 132 valence electrons. The molecule has 1 amide bonds. The number of esters is 1. The largest absolute Gasteiger partial charge is 0.497 e. The molecule has 6 nitrogen and oxygen atoms in total. The summed E-state index contributed by atoms with van der Waals surface area (Å²) in [4.78, 5) is 22.8. The molecule has 0 aliphatic heterocycles. The van der Waals surface area contributed by atoms with E-state index in [1.54, 1.807) is 55.6 Å². The monoisotopic (exact) mass is 343 g/mol. The maximum absolute atomic E-state index is 12.0. The van der Waals surface area contributed by atoms with E-state index in [9.17, 15) is 9.59 Å². The van der Waals surface area contributed by atoms with Crippen molar-refractivity contribution in [1.29, 1.82) is 0 Å². The summed E-state index contributed by atoms with van der Waals surface area (Å²) in [5, 5.41) is 2.70. The fraction of sp³-hybridized carbons (Fsp3) is 0.263. The van der Waals surface area contributed by atoms with Gasteiger partial charge in [-0.15, -0.1) is 0 Å². The van der Waals surface area contributed by atoms with Crippen LogP contribution in [-0.4, -0.2) is 32.2 Å². The molecule has 2 aromatic rings. The molecule has 0 bridgehead atoms. The summed E-state index contributed by atoms with van der Waals surface area (Å²) < 4.78 is 15.7. The number of hydrogen-bond donors (Lipinski definition) is 1. The van der Waals surface area contributed by atoms with Crippen molar-refractivity contribution < 1.29 is 23.8 Å². The Morgan fingerprint density at radius 1 is 0.920 bits per heavy atom. The summed E-state index contributed by atoms with van der Waals surface area (Å²) in [7, 11) is 1.60. The summed E-state index contributed by atoms with van der Waals surface area (Å²) in [6, 6.07) is 14.1. The van der Waals surface area contributed by atoms with Gasteiger partial charge >= 0.3 is 5.97 Å². The van der Waals surface area contributed by atoms with E-state index in [1.807, 2.05) is 0 Å². The number of benzene rings is 2. The third-order valence-corrected chi connectivity index (χ3v) is 3.38. The van der Waals surface area contributed by atoms with Crippen molar-refractivity contribution in [3.05, 3.63) is 59.7 Å². The maximum atomic E-state index is 12.0. The lowest BCUT2D eigenvalue weighted by atomic mass is 10.1. The SMILES string of the molecule is COc1ccc(OCCOC(=O)c2ccc(CNC(C)=O)cc2)cc1. The Bertz CT molecular complexity index is 695. The molecule has 0 fully saturated rings. The lowest BCUT2D eigenvalue weighted by molar-refractivity contribution is -0.119. The van der Waals surface area contributed by atoms with E-state index in [0.29, 0.717) is 17.9 Å². The molecular weight excluding hydrogens is 322 g/mol. The zero-order chi connectivity index (χ0) is 18.1. The van der Waals surface area contributed by atoms with Crippen molar-refractivity contribution in [3.8, 4) is 11.5 Å². The van der Waals surface area contributed by atoms with Gasteiger partial charge in [0.25, 0.3) is 0 Å². The van der Waals surface area contributed by atoms with Crippen molar-refractivity contribution in [2.45, 2.75) is 13.5 Å². The Labute approximate surface area is 146 Å². The first-order chi connectivity index (χ1) is 12.1. The van der Waals surface area contributed by atoms with E-state index in [1.165, 1.54) is 6.92 Å². The van der Waals surface area contributed by atoms with Gasteiger partial charge in [-0.25, -0.2) is 4.79 Å². The third-order valence-electron chi connectivity index (χ3n) is 3.38. The van der Waals surface area contributed by atoms with E-state index >= 15 is 0 Å². The molecule has 0 aliphatic carbocycles. The van der Waals surface area contributed by atoms with E-state index in [0.717, 1.165) is 11.3 Å². The number of rotatable bonds is 8. The highest BCUT2D eigenvalue weighted by molar-refractivity contribution is 5.89. The molecule has 0 atom stereocenters. The van der Waals surface area contributed by atoms with Gasteiger partial charge in [-0.2, -0.15) is 0 Å². The van der Waals surface area contributed by atoms with Crippen molar-refractivity contribution in [1.82, 2.24) is 5.32 Å². The smallest absolute Gasteiger partial charge is 0.338 e. The highest BCUT2D eigenvalue weighted by atomic mass is 16.6. The van der Waals surface area contributed by atoms with Crippen molar-refractivity contribution >= 4 is 11.9 Å². The van der Waals surface area contributed by atoms with Gasteiger partial charge in [0.2, 0.25) is 5.91 Å². The molecule has 2 aromatic carbocycles. The minimum absolute atomic E-state index is 0.0969. The summed E-state index contributed by atoms with van der Waals surface area (Å²) in [6.07, 6.45) is 0. The van der Waals surface area contributed by atoms with Crippen LogP contribution in [0.3, 0.4) is 0 Å². The first-order valence-corrected chi connectivity index (χ1v) is 7.86. The number of nitrogens with one attached hydrogen (secondary N) is 1. The number of amides is 1. The van der Waals surface area contributed by atoms with Gasteiger partial charge in [0.05, 0.1) is 12.7 Å². The van der Waals surface area contributed by atoms with E-state index in [-0.39, 0.29) is 19.1 Å². The van der Waals surface area contributed by atoms with Crippen LogP contribution in [-0.2, 0) is 16.1 Å². The Morgan fingerprint density at radius 2 is 1.56 bits per heavy atom. The molecule has 2 rings (SSSR count). The number of methoxy groups -OCH3 is 1. The molecule has 0 heterocycles. The van der Waals surface area contributed by atoms with Crippen LogP contribution in [0.5, 0.6) is 11.5 Å². The van der Waals surface area contributed by atoms with E-state index in [4.69, 9.17) is 14.2 Å². The number of ether oxygens (including phenoxy) is 3. The summed E-state index contributed by atoms with van der Waals surface area (Å²) >= 11 is 0. The standard InChI is InChI=1S/C19H21NO5/c1-14(21)20-13-15-3-5-16(6-4-15)19(22)25-12-11-24-18-9-7-17(23-2)8-10-18/h3-10H,11-13H2,1-2H3,(H,20,21). The molecule has 0 radical (unpaired) electrons. The number of hydrogen-bond acceptors (Lipinski definition) is 5. The van der Waals surface area contributed by atoms with Crippen LogP contribution in [0.25, 0.3) is 0 Å². The molecule has 1 N–H and O–H groups in total. The van der Waals surface area contributed by atoms with Gasteiger partial charge in [-0.1, -0.05) is 12.1 Å². The summed E-state index contributed by atoms with van der Waals surface area (Å²) in [6.45, 7) is 2.30. The van der Waals surface area contributed by atoms with Crippen LogP contribution >= 0.6 is 0 Å². The molecular formula is C19H21NO5. The van der Waals surface area contributed by atoms with Crippen LogP contribution in [0.1, 0.15) is 22.8 Å². The normalized spacial score (nSPS) is 10.0. The van der Waals surface area contributed by atoms with Crippen LogP contribution in [0.2, 0.25) is 0 Å². The van der Waals surface area contributed by atoms with Gasteiger partial charge in [-0.05, 0) is 42.0 Å². The fourth-order valence-corrected chi connectivity index (χ4v) is 2.03. The molecule has 25 heavy (non-hydrogen) atoms. The van der Waals surface area contributed by atoms with E-state index in [2.05, 4.69) is 5.32 Å². The Hall–Kier alpha value is -3.02. The summed E-state index contributed by atoms with van der Waals surface area (Å²) in [5.74, 6) is 0.921. The molecule has 0 aliphatic rings. The van der Waals surface area contributed by atoms with Gasteiger partial charge in [0.15, 0.2) is 0 Å². The van der Waals surface area contributed by atoms with Crippen molar-refractivity contribution in [2.75, 3.05) is 20.3 Å². The van der Waals surface area contributed by atoms with E-state index < -0.39 is 5.97 Å². The highest BCUT2D eigenvalue weighted by Crippen LogP contribution is 2.16. The minimum atomic E-state index is -0.413. The minimum Gasteiger partial charge on any atom is -0.497 e. The predicted octanol–water partition coefficient (Wildman–Crippen LogP) is 2.57. The van der Waals surface area contributed by atoms with Gasteiger partial charge in [0, 0.05) is 13.5 Å². The Balaban J connectivity index is 1.73. The highest BCUT2D eigenvalue weighted by Gasteiger charge is 2.07. The Morgan fingerprint density at radius 3 is 2.16 bits per heavy atom. The number of carbonyl (C=O) groups is 2. The second-order valence-electron chi connectivity index (χ2n) is 5.27. The first-order valence-electron chi connectivity index (χ1n) is 7.86. The van der Waals surface area contributed by atoms with Gasteiger partial charge in [-0.3, -0.25) is 4.79 Å². The first kappa shape index (κ1) is 18.3. The van der Waals surface area contributed by atoms with Crippen molar-refractivity contribution in [2.24, 2.45) is 0 Å². The zero-order valence-corrected chi connectivity index (χ0v) is 14.3. The summed E-state index contributed by atoms with van der Waals surface area (Å²) in [5.41, 5.74) is 1.37. The molecule has 0 aromatic heterocycles. The lowest BCUT2D eigenvalue weighted by Gasteiger charge is -2.08. The lowest BCUT2D eigenvalue weighted by Crippen LogP contribution is -2.19. The second kappa shape index (κ2) is 9.32. The van der Waals surface area contributed by atoms with Gasteiger partial charge in [0.1, 0.15) is 24.7 Å². The van der Waals surface area contributed by atoms with Crippen LogP contribution in [0.4, 0.5) is 0 Å². The zero-order valence-electron chi connectivity index (χ0n) is 14.3. The quantitative estimate of drug-likeness (QED) is 0.589. The average molecular weight is 343 g/mol. The molecule has 0 saturated carbocycles. The van der Waals surface area contributed by atoms with Crippen LogP contribution < -0.4 is 14.8 Å². The fourth-order valence-electron chi connectivity index (χ4n) is 2.03. The van der Waals surface area contributed by atoms with Crippen LogP contribution in [0.15, 0.2) is 48.5 Å². The number of carbonyl (C=O) groups excluding carboxylic acids is 2. The molecule has 6 heteroatoms. The Kier molecular flexibility index (Phi) is 6.83. The average Bonchev–Trinajstić information content (AvgIpc) is 2.64. The third kappa shape index (κ3) is 6.18. The van der Waals surface area contributed by atoms with Gasteiger partial charge < -0.3 is 19.5 Å². The molecule has 0 unspecified atom stereocenters. The van der Waals surface area contributed by atoms with Crippen LogP contribution in [0, 0.1) is 0 Å². The predicted molar refractivity (Wildman–Crippen MR) is 92.7 cm³/mol.